The number of aromatic amines is 1. The zero-order chi connectivity index (χ0) is 15.0. The zero-order valence-corrected chi connectivity index (χ0v) is 11.6. The lowest BCUT2D eigenvalue weighted by molar-refractivity contribution is 0.0603. The van der Waals surface area contributed by atoms with Crippen molar-refractivity contribution in [3.05, 3.63) is 52.4 Å². The Morgan fingerprint density at radius 2 is 2.14 bits per heavy atom. The van der Waals surface area contributed by atoms with Crippen molar-refractivity contribution in [2.24, 2.45) is 7.05 Å². The van der Waals surface area contributed by atoms with Crippen molar-refractivity contribution in [2.45, 2.75) is 0 Å². The number of nitrogens with one attached hydrogen (secondary N) is 1. The average molecular weight is 283 g/mol. The van der Waals surface area contributed by atoms with E-state index < -0.39 is 5.97 Å². The molecule has 0 fully saturated rings. The molecule has 2 heterocycles. The number of rotatable bonds is 2. The Kier molecular flexibility index (Phi) is 3.06. The van der Waals surface area contributed by atoms with Crippen molar-refractivity contribution >= 4 is 17.0 Å². The molecule has 0 aliphatic rings. The third kappa shape index (κ3) is 2.20. The van der Waals surface area contributed by atoms with Gasteiger partial charge in [-0.15, -0.1) is 0 Å². The Morgan fingerprint density at radius 3 is 2.86 bits per heavy atom. The molecule has 0 radical (unpaired) electrons. The van der Waals surface area contributed by atoms with E-state index in [4.69, 9.17) is 4.74 Å². The number of aromatic nitrogens is 3. The first kappa shape index (κ1) is 13.1. The fraction of sp³-hybridized carbons (Fsp3) is 0.133. The quantitative estimate of drug-likeness (QED) is 0.726. The molecule has 0 bridgehead atoms. The van der Waals surface area contributed by atoms with E-state index in [-0.39, 0.29) is 5.56 Å². The first-order chi connectivity index (χ1) is 10.1. The van der Waals surface area contributed by atoms with Gasteiger partial charge in [-0.25, -0.2) is 9.78 Å². The molecular formula is C15H13N3O3. The summed E-state index contributed by atoms with van der Waals surface area (Å²) >= 11 is 0. The molecule has 2 aromatic heterocycles. The fourth-order valence-corrected chi connectivity index (χ4v) is 2.14. The molecule has 3 aromatic rings. The molecule has 0 saturated carbocycles. The molecular weight excluding hydrogens is 270 g/mol. The fourth-order valence-electron chi connectivity index (χ4n) is 2.14. The number of imidazole rings is 1. The van der Waals surface area contributed by atoms with Crippen LogP contribution in [0.15, 0.2) is 41.3 Å². The smallest absolute Gasteiger partial charge is 0.340 e. The summed E-state index contributed by atoms with van der Waals surface area (Å²) in [6, 6.07) is 8.51. The van der Waals surface area contributed by atoms with Gasteiger partial charge in [0.2, 0.25) is 0 Å². The number of hydrogen-bond acceptors (Lipinski definition) is 4. The minimum atomic E-state index is -0.442. The Balaban J connectivity index is 2.19. The first-order valence-corrected chi connectivity index (χ1v) is 6.34. The van der Waals surface area contributed by atoms with E-state index in [1.807, 2.05) is 6.07 Å². The lowest BCUT2D eigenvalue weighted by Crippen LogP contribution is -2.14. The number of benzene rings is 1. The third-order valence-corrected chi connectivity index (χ3v) is 3.30. The summed E-state index contributed by atoms with van der Waals surface area (Å²) in [5, 5.41) is 0. The highest BCUT2D eigenvalue weighted by Crippen LogP contribution is 2.22. The second kappa shape index (κ2) is 4.90. The van der Waals surface area contributed by atoms with Crippen LogP contribution in [0.5, 0.6) is 0 Å². The number of carbonyl (C=O) groups is 1. The van der Waals surface area contributed by atoms with Crippen LogP contribution < -0.4 is 5.56 Å². The van der Waals surface area contributed by atoms with Gasteiger partial charge in [0.25, 0.3) is 5.56 Å². The maximum atomic E-state index is 11.7. The number of fused-ring (bicyclic) bond motifs is 1. The van der Waals surface area contributed by atoms with Gasteiger partial charge in [-0.1, -0.05) is 6.07 Å². The molecule has 0 amide bonds. The largest absolute Gasteiger partial charge is 0.465 e. The number of hydrogen-bond donors (Lipinski definition) is 1. The van der Waals surface area contributed by atoms with Gasteiger partial charge in [-0.3, -0.25) is 4.79 Å². The van der Waals surface area contributed by atoms with Crippen LogP contribution in [0.4, 0.5) is 0 Å². The molecule has 3 rings (SSSR count). The van der Waals surface area contributed by atoms with Crippen molar-refractivity contribution in [1.82, 2.24) is 14.5 Å². The van der Waals surface area contributed by atoms with Crippen LogP contribution in [0.2, 0.25) is 0 Å². The summed E-state index contributed by atoms with van der Waals surface area (Å²) in [4.78, 5) is 31.0. The Bertz CT molecular complexity index is 893. The van der Waals surface area contributed by atoms with Crippen molar-refractivity contribution < 1.29 is 9.53 Å². The lowest BCUT2D eigenvalue weighted by Gasteiger charge is -1.99. The summed E-state index contributed by atoms with van der Waals surface area (Å²) in [6.45, 7) is 0. The molecule has 0 saturated heterocycles. The van der Waals surface area contributed by atoms with Gasteiger partial charge >= 0.3 is 5.97 Å². The summed E-state index contributed by atoms with van der Waals surface area (Å²) in [5.41, 5.74) is 2.18. The van der Waals surface area contributed by atoms with Crippen LogP contribution in [0.1, 0.15) is 10.4 Å². The maximum absolute atomic E-state index is 11.7. The predicted molar refractivity (Wildman–Crippen MR) is 78.1 cm³/mol. The van der Waals surface area contributed by atoms with Gasteiger partial charge in [-0.2, -0.15) is 0 Å². The predicted octanol–water partition coefficient (Wildman–Crippen LogP) is 1.72. The molecule has 1 aromatic carbocycles. The summed E-state index contributed by atoms with van der Waals surface area (Å²) in [5.74, 6) is 0.0988. The van der Waals surface area contributed by atoms with Crippen LogP contribution in [-0.2, 0) is 11.8 Å². The maximum Gasteiger partial charge on any atom is 0.340 e. The Labute approximate surface area is 120 Å². The SMILES string of the molecule is COC(=O)c1cccc2[nH]c(-c3ccn(C)c(=O)c3)nc12. The van der Waals surface area contributed by atoms with Crippen LogP contribution in [-0.4, -0.2) is 27.6 Å². The van der Waals surface area contributed by atoms with Crippen LogP contribution >= 0.6 is 0 Å². The molecule has 0 unspecified atom stereocenters. The summed E-state index contributed by atoms with van der Waals surface area (Å²) in [7, 11) is 3.01. The molecule has 6 heteroatoms. The van der Waals surface area contributed by atoms with Crippen LogP contribution in [0.25, 0.3) is 22.4 Å². The molecule has 0 atom stereocenters. The topological polar surface area (TPSA) is 77.0 Å². The van der Waals surface area contributed by atoms with Crippen LogP contribution in [0.3, 0.4) is 0 Å². The monoisotopic (exact) mass is 283 g/mol. The van der Waals surface area contributed by atoms with Gasteiger partial charge in [0.1, 0.15) is 11.3 Å². The van der Waals surface area contributed by atoms with E-state index in [1.165, 1.54) is 17.7 Å². The Hall–Kier alpha value is -2.89. The van der Waals surface area contributed by atoms with Gasteiger partial charge in [0.15, 0.2) is 0 Å². The molecule has 1 N–H and O–H groups in total. The van der Waals surface area contributed by atoms with Gasteiger partial charge in [0, 0.05) is 24.9 Å². The summed E-state index contributed by atoms with van der Waals surface area (Å²) < 4.78 is 6.23. The van der Waals surface area contributed by atoms with Crippen molar-refractivity contribution in [3.63, 3.8) is 0 Å². The Morgan fingerprint density at radius 1 is 1.33 bits per heavy atom. The second-order valence-electron chi connectivity index (χ2n) is 4.64. The number of ether oxygens (including phenoxy) is 1. The summed E-state index contributed by atoms with van der Waals surface area (Å²) in [6.07, 6.45) is 1.67. The lowest BCUT2D eigenvalue weighted by atomic mass is 10.2. The van der Waals surface area contributed by atoms with Crippen molar-refractivity contribution in [1.29, 1.82) is 0 Å². The first-order valence-electron chi connectivity index (χ1n) is 6.34. The van der Waals surface area contributed by atoms with Gasteiger partial charge in [0.05, 0.1) is 18.2 Å². The van der Waals surface area contributed by atoms with E-state index >= 15 is 0 Å². The number of para-hydroxylation sites is 1. The normalized spacial score (nSPS) is 10.8. The minimum Gasteiger partial charge on any atom is -0.465 e. The number of pyridine rings is 1. The average Bonchev–Trinajstić information content (AvgIpc) is 2.93. The van der Waals surface area contributed by atoms with Crippen LogP contribution in [0, 0.1) is 0 Å². The number of H-pyrrole nitrogens is 1. The molecule has 0 aliphatic carbocycles. The standard InChI is InChI=1S/C15H13N3O3/c1-18-7-6-9(8-12(18)19)14-16-11-5-3-4-10(13(11)17-14)15(20)21-2/h3-8H,1-2H3,(H,16,17). The molecule has 0 aliphatic heterocycles. The van der Waals surface area contributed by atoms with Crippen molar-refractivity contribution in [3.8, 4) is 11.4 Å². The number of carbonyl (C=O) groups excluding carboxylic acids is 1. The van der Waals surface area contributed by atoms with Gasteiger partial charge < -0.3 is 14.3 Å². The zero-order valence-electron chi connectivity index (χ0n) is 11.6. The molecule has 0 spiro atoms. The van der Waals surface area contributed by atoms with E-state index in [0.29, 0.717) is 28.0 Å². The van der Waals surface area contributed by atoms with E-state index in [2.05, 4.69) is 9.97 Å². The van der Waals surface area contributed by atoms with Crippen molar-refractivity contribution in [2.75, 3.05) is 7.11 Å². The number of nitrogens with zero attached hydrogens (tertiary/aromatic N) is 2. The molecule has 21 heavy (non-hydrogen) atoms. The van der Waals surface area contributed by atoms with E-state index in [9.17, 15) is 9.59 Å². The highest BCUT2D eigenvalue weighted by Gasteiger charge is 2.14. The number of esters is 1. The third-order valence-electron chi connectivity index (χ3n) is 3.30. The van der Waals surface area contributed by atoms with Gasteiger partial charge in [-0.05, 0) is 18.2 Å². The van der Waals surface area contributed by atoms with E-state index in [1.54, 1.807) is 31.4 Å². The minimum absolute atomic E-state index is 0.124. The molecule has 106 valence electrons. The number of aryl methyl sites for hydroxylation is 1. The highest BCUT2D eigenvalue weighted by molar-refractivity contribution is 6.02. The molecule has 6 nitrogen and oxygen atoms in total. The number of methoxy groups -OCH3 is 1. The second-order valence-corrected chi connectivity index (χ2v) is 4.64. The highest BCUT2D eigenvalue weighted by atomic mass is 16.5. The van der Waals surface area contributed by atoms with E-state index in [0.717, 1.165) is 0 Å².